The van der Waals surface area contributed by atoms with Crippen LogP contribution in [0.3, 0.4) is 0 Å². The number of hydrogen-bond donors (Lipinski definition) is 2. The van der Waals surface area contributed by atoms with Crippen LogP contribution in [0.5, 0.6) is 5.75 Å². The van der Waals surface area contributed by atoms with Crippen molar-refractivity contribution in [2.75, 3.05) is 7.11 Å². The molecule has 5 nitrogen and oxygen atoms in total. The second-order valence-electron chi connectivity index (χ2n) is 5.04. The summed E-state index contributed by atoms with van der Waals surface area (Å²) in [5, 5.41) is 0. The van der Waals surface area contributed by atoms with Crippen LogP contribution in [0.4, 0.5) is 0 Å². The molecule has 2 aromatic rings. The average molecular weight is 436 g/mol. The Bertz CT molecular complexity index is 770. The number of carbonyl (C=O) groups is 2. The van der Waals surface area contributed by atoms with E-state index in [2.05, 4.69) is 33.4 Å². The van der Waals surface area contributed by atoms with Crippen molar-refractivity contribution in [2.24, 2.45) is 0 Å². The number of carbonyl (C=O) groups excluding carboxylic acids is 2. The second-order valence-corrected chi connectivity index (χ2v) is 6.20. The molecule has 0 spiro atoms. The molecule has 0 unspecified atom stereocenters. The van der Waals surface area contributed by atoms with Crippen molar-refractivity contribution < 1.29 is 14.3 Å². The molecule has 0 radical (unpaired) electrons. The van der Waals surface area contributed by atoms with Gasteiger partial charge in [0.25, 0.3) is 11.8 Å². The molecule has 0 aliphatic rings. The smallest absolute Gasteiger partial charge is 0.269 e. The highest BCUT2D eigenvalue weighted by Crippen LogP contribution is 2.21. The van der Waals surface area contributed by atoms with Crippen molar-refractivity contribution in [1.82, 2.24) is 10.9 Å². The fraction of sp³-hybridized carbons (Fsp3) is 0.111. The minimum absolute atomic E-state index is 0.396. The van der Waals surface area contributed by atoms with Gasteiger partial charge in [-0.2, -0.15) is 0 Å². The minimum Gasteiger partial charge on any atom is -0.496 e. The highest BCUT2D eigenvalue weighted by Gasteiger charge is 2.09. The summed E-state index contributed by atoms with van der Waals surface area (Å²) < 4.78 is 5.95. The number of hydrogen-bond acceptors (Lipinski definition) is 3. The molecule has 0 heterocycles. The maximum Gasteiger partial charge on any atom is 0.269 e. The van der Waals surface area contributed by atoms with Gasteiger partial charge in [-0.25, -0.2) is 0 Å². The molecule has 0 saturated heterocycles. The maximum absolute atomic E-state index is 12.0. The predicted octanol–water partition coefficient (Wildman–Crippen LogP) is 3.08. The minimum atomic E-state index is -0.410. The van der Waals surface area contributed by atoms with Crippen LogP contribution in [0.25, 0.3) is 6.08 Å². The Morgan fingerprint density at radius 3 is 2.42 bits per heavy atom. The van der Waals surface area contributed by atoms with Crippen molar-refractivity contribution in [3.8, 4) is 5.75 Å². The second kappa shape index (κ2) is 8.49. The molecule has 2 aromatic carbocycles. The third-order valence-corrected chi connectivity index (χ3v) is 4.06. The van der Waals surface area contributed by atoms with Gasteiger partial charge in [0.2, 0.25) is 0 Å². The van der Waals surface area contributed by atoms with E-state index in [1.807, 2.05) is 31.2 Å². The summed E-state index contributed by atoms with van der Waals surface area (Å²) in [4.78, 5) is 23.8. The monoisotopic (exact) mass is 436 g/mol. The van der Waals surface area contributed by atoms with Gasteiger partial charge in [0.15, 0.2) is 0 Å². The summed E-state index contributed by atoms with van der Waals surface area (Å²) in [5.41, 5.74) is 7.22. The van der Waals surface area contributed by atoms with Crippen molar-refractivity contribution in [2.45, 2.75) is 6.92 Å². The van der Waals surface area contributed by atoms with Crippen LogP contribution in [0, 0.1) is 10.5 Å². The van der Waals surface area contributed by atoms with Crippen LogP contribution >= 0.6 is 22.6 Å². The van der Waals surface area contributed by atoms with Gasteiger partial charge in [0, 0.05) is 11.6 Å². The van der Waals surface area contributed by atoms with Crippen molar-refractivity contribution in [1.29, 1.82) is 0 Å². The summed E-state index contributed by atoms with van der Waals surface area (Å²) in [7, 11) is 1.57. The van der Waals surface area contributed by atoms with Gasteiger partial charge in [0.1, 0.15) is 5.75 Å². The van der Waals surface area contributed by atoms with E-state index in [1.165, 1.54) is 6.08 Å². The van der Waals surface area contributed by atoms with Crippen LogP contribution < -0.4 is 15.6 Å². The Hall–Kier alpha value is -2.35. The summed E-state index contributed by atoms with van der Waals surface area (Å²) in [6.45, 7) is 2.00. The standard InChI is InChI=1S/C18H17IN2O3/c1-12-3-5-13(6-4-12)7-10-17(22)20-21-18(23)14-8-9-16(24-2)15(19)11-14/h3-11H,1-2H3,(H,20,22)(H,21,23)/b10-7+. The average Bonchev–Trinajstić information content (AvgIpc) is 2.59. The molecule has 6 heteroatoms. The number of halogens is 1. The van der Waals surface area contributed by atoms with E-state index in [4.69, 9.17) is 4.74 Å². The van der Waals surface area contributed by atoms with E-state index in [-0.39, 0.29) is 0 Å². The molecule has 24 heavy (non-hydrogen) atoms. The molecule has 0 fully saturated rings. The van der Waals surface area contributed by atoms with Gasteiger partial charge in [-0.15, -0.1) is 0 Å². The topological polar surface area (TPSA) is 67.4 Å². The zero-order valence-corrected chi connectivity index (χ0v) is 15.5. The van der Waals surface area contributed by atoms with Crippen molar-refractivity contribution in [3.05, 3.63) is 68.8 Å². The van der Waals surface area contributed by atoms with E-state index in [0.717, 1.165) is 14.7 Å². The van der Waals surface area contributed by atoms with Crippen LogP contribution in [-0.2, 0) is 4.79 Å². The first-order chi connectivity index (χ1) is 11.5. The first-order valence-electron chi connectivity index (χ1n) is 7.18. The van der Waals surface area contributed by atoms with Gasteiger partial charge < -0.3 is 4.74 Å². The number of benzene rings is 2. The number of aryl methyl sites for hydroxylation is 1. The zero-order valence-electron chi connectivity index (χ0n) is 13.3. The fourth-order valence-corrected chi connectivity index (χ4v) is 2.62. The van der Waals surface area contributed by atoms with Gasteiger partial charge >= 0.3 is 0 Å². The van der Waals surface area contributed by atoms with Gasteiger partial charge in [-0.1, -0.05) is 29.8 Å². The number of ether oxygens (including phenoxy) is 1. The number of nitrogens with one attached hydrogen (secondary N) is 2. The molecule has 0 saturated carbocycles. The molecule has 0 atom stereocenters. The summed E-state index contributed by atoms with van der Waals surface area (Å²) in [6.07, 6.45) is 3.04. The molecular weight excluding hydrogens is 419 g/mol. The van der Waals surface area contributed by atoms with Gasteiger partial charge in [-0.05, 0) is 59.4 Å². The van der Waals surface area contributed by atoms with Crippen molar-refractivity contribution >= 4 is 40.5 Å². The zero-order chi connectivity index (χ0) is 17.5. The molecule has 2 amide bonds. The Morgan fingerprint density at radius 1 is 1.08 bits per heavy atom. The van der Waals surface area contributed by atoms with E-state index >= 15 is 0 Å². The summed E-state index contributed by atoms with van der Waals surface area (Å²) in [5.74, 6) is -0.114. The van der Waals surface area contributed by atoms with E-state index in [9.17, 15) is 9.59 Å². The summed E-state index contributed by atoms with van der Waals surface area (Å²) in [6, 6.07) is 12.8. The lowest BCUT2D eigenvalue weighted by Gasteiger charge is -2.07. The molecule has 124 valence electrons. The molecule has 2 N–H and O–H groups in total. The normalized spacial score (nSPS) is 10.5. The Balaban J connectivity index is 1.90. The SMILES string of the molecule is COc1ccc(C(=O)NNC(=O)/C=C/c2ccc(C)cc2)cc1I. The van der Waals surface area contributed by atoms with E-state index in [0.29, 0.717) is 11.3 Å². The van der Waals surface area contributed by atoms with Gasteiger partial charge in [0.05, 0.1) is 10.7 Å². The molecular formula is C18H17IN2O3. The summed E-state index contributed by atoms with van der Waals surface area (Å²) >= 11 is 2.08. The molecule has 0 aliphatic heterocycles. The largest absolute Gasteiger partial charge is 0.496 e. The lowest BCUT2D eigenvalue weighted by molar-refractivity contribution is -0.117. The van der Waals surface area contributed by atoms with Crippen LogP contribution in [-0.4, -0.2) is 18.9 Å². The van der Waals surface area contributed by atoms with Crippen LogP contribution in [0.2, 0.25) is 0 Å². The molecule has 0 bridgehead atoms. The Kier molecular flexibility index (Phi) is 6.36. The van der Waals surface area contributed by atoms with Gasteiger partial charge in [-0.3, -0.25) is 20.4 Å². The lowest BCUT2D eigenvalue weighted by atomic mass is 10.1. The van der Waals surface area contributed by atoms with Crippen LogP contribution in [0.15, 0.2) is 48.5 Å². The first-order valence-corrected chi connectivity index (χ1v) is 8.26. The molecule has 0 aliphatic carbocycles. The lowest BCUT2D eigenvalue weighted by Crippen LogP contribution is -2.40. The number of amides is 2. The first kappa shape index (κ1) is 18.0. The van der Waals surface area contributed by atoms with E-state index < -0.39 is 11.8 Å². The van der Waals surface area contributed by atoms with E-state index in [1.54, 1.807) is 31.4 Å². The highest BCUT2D eigenvalue weighted by molar-refractivity contribution is 14.1. The molecule has 2 rings (SSSR count). The highest BCUT2D eigenvalue weighted by atomic mass is 127. The number of hydrazine groups is 1. The molecule has 0 aromatic heterocycles. The maximum atomic E-state index is 12.0. The number of methoxy groups -OCH3 is 1. The Labute approximate surface area is 154 Å². The Morgan fingerprint density at radius 2 is 1.79 bits per heavy atom. The predicted molar refractivity (Wildman–Crippen MR) is 102 cm³/mol. The van der Waals surface area contributed by atoms with Crippen LogP contribution in [0.1, 0.15) is 21.5 Å². The third kappa shape index (κ3) is 5.09. The van der Waals surface area contributed by atoms with Crippen molar-refractivity contribution in [3.63, 3.8) is 0 Å². The number of rotatable bonds is 4. The fourth-order valence-electron chi connectivity index (χ4n) is 1.89. The third-order valence-electron chi connectivity index (χ3n) is 3.22. The quantitative estimate of drug-likeness (QED) is 0.440.